The van der Waals surface area contributed by atoms with E-state index in [1.807, 2.05) is 30.3 Å². The first-order chi connectivity index (χ1) is 13.6. The van der Waals surface area contributed by atoms with Crippen LogP contribution in [-0.2, 0) is 11.8 Å². The minimum absolute atomic E-state index is 0.136. The molecule has 1 aliphatic carbocycles. The molecule has 4 rings (SSSR count). The average Bonchev–Trinajstić information content (AvgIpc) is 3.52. The lowest BCUT2D eigenvalue weighted by Crippen LogP contribution is -2.07. The Kier molecular flexibility index (Phi) is 5.19. The van der Waals surface area contributed by atoms with Gasteiger partial charge in [-0.1, -0.05) is 48.0 Å². The van der Waals surface area contributed by atoms with Crippen molar-refractivity contribution in [2.75, 3.05) is 0 Å². The van der Waals surface area contributed by atoms with Gasteiger partial charge < -0.3 is 4.74 Å². The third-order valence-electron chi connectivity index (χ3n) is 5.09. The molecule has 1 saturated carbocycles. The van der Waals surface area contributed by atoms with E-state index in [0.717, 1.165) is 24.0 Å². The number of rotatable bonds is 6. The van der Waals surface area contributed by atoms with Gasteiger partial charge in [0.15, 0.2) is 11.6 Å². The van der Waals surface area contributed by atoms with Crippen LogP contribution in [0.5, 0.6) is 11.5 Å². The average molecular weight is 397 g/mol. The SMILES string of the molecule is F/C(=C/Cc1ccc(F)c(Oc2ccccc2)c1)C1(c2ccc(Cl)cc2)CC1. The minimum Gasteiger partial charge on any atom is -0.454 e. The number of allylic oxidation sites excluding steroid dienone is 2. The Morgan fingerprint density at radius 3 is 2.39 bits per heavy atom. The van der Waals surface area contributed by atoms with Crippen LogP contribution in [0.4, 0.5) is 8.78 Å². The van der Waals surface area contributed by atoms with Gasteiger partial charge in [-0.15, -0.1) is 0 Å². The van der Waals surface area contributed by atoms with Crippen LogP contribution >= 0.6 is 11.6 Å². The van der Waals surface area contributed by atoms with E-state index in [1.165, 1.54) is 6.07 Å². The molecule has 3 aromatic carbocycles. The zero-order valence-electron chi connectivity index (χ0n) is 15.2. The number of hydrogen-bond acceptors (Lipinski definition) is 1. The van der Waals surface area contributed by atoms with Crippen LogP contribution in [0.2, 0.25) is 5.02 Å². The molecule has 0 saturated heterocycles. The van der Waals surface area contributed by atoms with Gasteiger partial charge in [0.25, 0.3) is 0 Å². The molecule has 0 bridgehead atoms. The summed E-state index contributed by atoms with van der Waals surface area (Å²) in [7, 11) is 0. The zero-order valence-corrected chi connectivity index (χ0v) is 15.9. The van der Waals surface area contributed by atoms with Gasteiger partial charge in [0.2, 0.25) is 0 Å². The Balaban J connectivity index is 1.51. The van der Waals surface area contributed by atoms with Gasteiger partial charge in [-0.3, -0.25) is 0 Å². The second kappa shape index (κ2) is 7.76. The summed E-state index contributed by atoms with van der Waals surface area (Å²) in [5.74, 6) is 0.0952. The van der Waals surface area contributed by atoms with Crippen molar-refractivity contribution < 1.29 is 13.5 Å². The van der Waals surface area contributed by atoms with Crippen LogP contribution in [0.3, 0.4) is 0 Å². The van der Waals surface area contributed by atoms with E-state index in [9.17, 15) is 8.78 Å². The highest BCUT2D eigenvalue weighted by molar-refractivity contribution is 6.30. The largest absolute Gasteiger partial charge is 0.454 e. The first-order valence-corrected chi connectivity index (χ1v) is 9.58. The summed E-state index contributed by atoms with van der Waals surface area (Å²) < 4.78 is 34.7. The molecule has 1 fully saturated rings. The molecule has 142 valence electrons. The summed E-state index contributed by atoms with van der Waals surface area (Å²) >= 11 is 5.94. The van der Waals surface area contributed by atoms with E-state index in [1.54, 1.807) is 42.5 Å². The van der Waals surface area contributed by atoms with Crippen LogP contribution in [-0.4, -0.2) is 0 Å². The molecular weight excluding hydrogens is 378 g/mol. The molecule has 0 spiro atoms. The third kappa shape index (κ3) is 3.95. The van der Waals surface area contributed by atoms with Crippen molar-refractivity contribution in [3.05, 3.63) is 107 Å². The number of para-hydroxylation sites is 1. The Bertz CT molecular complexity index is 993. The molecule has 4 heteroatoms. The fourth-order valence-corrected chi connectivity index (χ4v) is 3.46. The van der Waals surface area contributed by atoms with Crippen LogP contribution in [0.25, 0.3) is 0 Å². The molecule has 3 aromatic rings. The maximum atomic E-state index is 15.0. The van der Waals surface area contributed by atoms with E-state index < -0.39 is 11.2 Å². The van der Waals surface area contributed by atoms with Gasteiger partial charge in [0.1, 0.15) is 11.6 Å². The van der Waals surface area contributed by atoms with E-state index in [0.29, 0.717) is 17.2 Å². The topological polar surface area (TPSA) is 9.23 Å². The highest BCUT2D eigenvalue weighted by atomic mass is 35.5. The molecule has 0 atom stereocenters. The lowest BCUT2D eigenvalue weighted by Gasteiger charge is -2.14. The van der Waals surface area contributed by atoms with Gasteiger partial charge in [-0.2, -0.15) is 0 Å². The fraction of sp³-hybridized carbons (Fsp3) is 0.167. The highest BCUT2D eigenvalue weighted by Gasteiger charge is 2.48. The molecule has 1 nitrogen and oxygen atoms in total. The van der Waals surface area contributed by atoms with E-state index in [4.69, 9.17) is 16.3 Å². The summed E-state index contributed by atoms with van der Waals surface area (Å²) in [5, 5.41) is 0.640. The van der Waals surface area contributed by atoms with Crippen molar-refractivity contribution >= 4 is 11.6 Å². The maximum absolute atomic E-state index is 15.0. The quantitative estimate of drug-likeness (QED) is 0.421. The van der Waals surface area contributed by atoms with E-state index >= 15 is 0 Å². The number of halogens is 3. The van der Waals surface area contributed by atoms with Crippen molar-refractivity contribution in [3.8, 4) is 11.5 Å². The molecule has 0 aromatic heterocycles. The van der Waals surface area contributed by atoms with Gasteiger partial charge >= 0.3 is 0 Å². The maximum Gasteiger partial charge on any atom is 0.165 e. The second-order valence-corrected chi connectivity index (χ2v) is 7.46. The number of benzene rings is 3. The van der Waals surface area contributed by atoms with Crippen molar-refractivity contribution in [2.45, 2.75) is 24.7 Å². The van der Waals surface area contributed by atoms with Gasteiger partial charge in [-0.05, 0) is 72.9 Å². The van der Waals surface area contributed by atoms with Gasteiger partial charge in [-0.25, -0.2) is 8.78 Å². The molecule has 0 unspecified atom stereocenters. The van der Waals surface area contributed by atoms with Crippen LogP contribution in [0.15, 0.2) is 84.7 Å². The summed E-state index contributed by atoms with van der Waals surface area (Å²) in [6, 6.07) is 21.0. The smallest absolute Gasteiger partial charge is 0.165 e. The number of hydrogen-bond donors (Lipinski definition) is 0. The summed E-state index contributed by atoms with van der Waals surface area (Å²) in [5.41, 5.74) is 1.20. The second-order valence-electron chi connectivity index (χ2n) is 7.03. The molecule has 1 aliphatic rings. The zero-order chi connectivity index (χ0) is 19.6. The van der Waals surface area contributed by atoms with Crippen molar-refractivity contribution in [2.24, 2.45) is 0 Å². The lowest BCUT2D eigenvalue weighted by molar-refractivity contribution is 0.441. The van der Waals surface area contributed by atoms with Crippen LogP contribution in [0.1, 0.15) is 24.0 Å². The standard InChI is InChI=1S/C24H19ClF2O/c25-19-10-8-18(9-11-19)24(14-15-24)23(27)13-7-17-6-12-21(26)22(16-17)28-20-4-2-1-3-5-20/h1-6,8-13,16H,7,14-15H2/b23-13+. The lowest BCUT2D eigenvalue weighted by atomic mass is 9.93. The molecular formula is C24H19ClF2O. The monoisotopic (exact) mass is 396 g/mol. The molecule has 0 amide bonds. The molecule has 0 heterocycles. The third-order valence-corrected chi connectivity index (χ3v) is 5.34. The van der Waals surface area contributed by atoms with Crippen molar-refractivity contribution in [1.29, 1.82) is 0 Å². The fourth-order valence-electron chi connectivity index (χ4n) is 3.33. The van der Waals surface area contributed by atoms with Crippen LogP contribution in [0, 0.1) is 5.82 Å². The molecule has 0 radical (unpaired) electrons. The first kappa shape index (κ1) is 18.7. The summed E-state index contributed by atoms with van der Waals surface area (Å²) in [4.78, 5) is 0. The van der Waals surface area contributed by atoms with Crippen LogP contribution < -0.4 is 4.74 Å². The summed E-state index contributed by atoms with van der Waals surface area (Å²) in [6.07, 6.45) is 3.51. The molecule has 28 heavy (non-hydrogen) atoms. The van der Waals surface area contributed by atoms with E-state index in [2.05, 4.69) is 0 Å². The van der Waals surface area contributed by atoms with Crippen molar-refractivity contribution in [3.63, 3.8) is 0 Å². The predicted octanol–water partition coefficient (Wildman–Crippen LogP) is 7.40. The van der Waals surface area contributed by atoms with Gasteiger partial charge in [0, 0.05) is 10.4 Å². The normalized spacial score (nSPS) is 15.3. The molecule has 0 N–H and O–H groups in total. The van der Waals surface area contributed by atoms with Gasteiger partial charge in [0.05, 0.1) is 0 Å². The Labute approximate surface area is 168 Å². The van der Waals surface area contributed by atoms with E-state index in [-0.39, 0.29) is 11.6 Å². The first-order valence-electron chi connectivity index (χ1n) is 9.20. The Morgan fingerprint density at radius 2 is 1.71 bits per heavy atom. The minimum atomic E-state index is -0.534. The summed E-state index contributed by atoms with van der Waals surface area (Å²) in [6.45, 7) is 0. The Hall–Kier alpha value is -2.65. The highest BCUT2D eigenvalue weighted by Crippen LogP contribution is 2.54. The Morgan fingerprint density at radius 1 is 1.00 bits per heavy atom. The number of ether oxygens (including phenoxy) is 1. The predicted molar refractivity (Wildman–Crippen MR) is 108 cm³/mol. The molecule has 0 aliphatic heterocycles. The van der Waals surface area contributed by atoms with Crippen molar-refractivity contribution in [1.82, 2.24) is 0 Å².